The zero-order chi connectivity index (χ0) is 14.6. The van der Waals surface area contributed by atoms with Crippen LogP contribution < -0.4 is 16.0 Å². The molecule has 0 radical (unpaired) electrons. The Morgan fingerprint density at radius 2 is 1.85 bits per heavy atom. The Hall–Kier alpha value is -1.10. The van der Waals surface area contributed by atoms with Crippen LogP contribution in [0.3, 0.4) is 0 Å². The molecule has 1 fully saturated rings. The number of hydrogen-bond donors (Lipinski definition) is 2. The van der Waals surface area contributed by atoms with Gasteiger partial charge in [-0.2, -0.15) is 0 Å². The first-order chi connectivity index (χ1) is 9.59. The van der Waals surface area contributed by atoms with Crippen molar-refractivity contribution in [3.05, 3.63) is 29.8 Å². The van der Waals surface area contributed by atoms with Crippen LogP contribution in [0.5, 0.6) is 5.75 Å². The van der Waals surface area contributed by atoms with E-state index in [0.717, 1.165) is 18.8 Å². The van der Waals surface area contributed by atoms with Gasteiger partial charge in [0.1, 0.15) is 5.75 Å². The molecule has 1 aromatic carbocycles. The van der Waals surface area contributed by atoms with Crippen molar-refractivity contribution in [2.24, 2.45) is 5.84 Å². The summed E-state index contributed by atoms with van der Waals surface area (Å²) in [6, 6.07) is 8.35. The molecule has 0 aromatic heterocycles. The zero-order valence-electron chi connectivity index (χ0n) is 12.9. The number of nitrogens with two attached hydrogens (primary N) is 1. The highest BCUT2D eigenvalue weighted by atomic mass is 16.5. The third-order valence-electron chi connectivity index (χ3n) is 4.32. The Balaban J connectivity index is 2.17. The van der Waals surface area contributed by atoms with Gasteiger partial charge in [0.25, 0.3) is 0 Å². The minimum absolute atomic E-state index is 0.00161. The standard InChI is InChI=1S/C16H27N3O/c1-4-20-14-9-7-13(8-10-14)15(18-17)16(2,3)19-11-5-6-12-19/h7-10,15,18H,4-6,11-12,17H2,1-3H3. The van der Waals surface area contributed by atoms with Gasteiger partial charge in [0.05, 0.1) is 12.6 Å². The molecule has 3 N–H and O–H groups in total. The fourth-order valence-electron chi connectivity index (χ4n) is 3.11. The molecule has 0 saturated carbocycles. The van der Waals surface area contributed by atoms with E-state index in [1.807, 2.05) is 19.1 Å². The number of benzene rings is 1. The number of rotatable bonds is 6. The van der Waals surface area contributed by atoms with E-state index in [9.17, 15) is 0 Å². The van der Waals surface area contributed by atoms with Crippen LogP contribution in [-0.2, 0) is 0 Å². The van der Waals surface area contributed by atoms with Gasteiger partial charge in [0.2, 0.25) is 0 Å². The van der Waals surface area contributed by atoms with Crippen molar-refractivity contribution in [2.45, 2.75) is 45.2 Å². The molecule has 20 heavy (non-hydrogen) atoms. The minimum atomic E-state index is -0.00161. The molecule has 1 aliphatic heterocycles. The Labute approximate surface area is 122 Å². The molecule has 0 amide bonds. The minimum Gasteiger partial charge on any atom is -0.494 e. The predicted octanol–water partition coefficient (Wildman–Crippen LogP) is 2.46. The number of nitrogens with one attached hydrogen (secondary N) is 1. The third-order valence-corrected chi connectivity index (χ3v) is 4.32. The summed E-state index contributed by atoms with van der Waals surface area (Å²) in [5.74, 6) is 6.76. The van der Waals surface area contributed by atoms with Crippen molar-refractivity contribution >= 4 is 0 Å². The first-order valence-electron chi connectivity index (χ1n) is 7.53. The fourth-order valence-corrected chi connectivity index (χ4v) is 3.11. The molecular weight excluding hydrogens is 250 g/mol. The monoisotopic (exact) mass is 277 g/mol. The highest BCUT2D eigenvalue weighted by molar-refractivity contribution is 5.31. The van der Waals surface area contributed by atoms with E-state index in [2.05, 4.69) is 36.3 Å². The molecule has 4 heteroatoms. The highest BCUT2D eigenvalue weighted by Crippen LogP contribution is 2.33. The lowest BCUT2D eigenvalue weighted by molar-refractivity contribution is 0.107. The van der Waals surface area contributed by atoms with Crippen molar-refractivity contribution < 1.29 is 4.74 Å². The van der Waals surface area contributed by atoms with Gasteiger partial charge >= 0.3 is 0 Å². The molecule has 4 nitrogen and oxygen atoms in total. The van der Waals surface area contributed by atoms with E-state index in [-0.39, 0.29) is 11.6 Å². The average Bonchev–Trinajstić information content (AvgIpc) is 2.96. The maximum absolute atomic E-state index is 5.85. The quantitative estimate of drug-likeness (QED) is 0.619. The molecule has 1 atom stereocenters. The van der Waals surface area contributed by atoms with Gasteiger partial charge < -0.3 is 4.74 Å². The number of ether oxygens (including phenoxy) is 1. The number of nitrogens with zero attached hydrogens (tertiary/aromatic N) is 1. The van der Waals surface area contributed by atoms with E-state index >= 15 is 0 Å². The summed E-state index contributed by atoms with van der Waals surface area (Å²) in [7, 11) is 0. The first-order valence-corrected chi connectivity index (χ1v) is 7.53. The lowest BCUT2D eigenvalue weighted by atomic mass is 9.87. The number of hydrogen-bond acceptors (Lipinski definition) is 4. The molecule has 0 spiro atoms. The maximum atomic E-state index is 5.85. The smallest absolute Gasteiger partial charge is 0.119 e. The van der Waals surface area contributed by atoms with Crippen molar-refractivity contribution in [2.75, 3.05) is 19.7 Å². The van der Waals surface area contributed by atoms with E-state index < -0.39 is 0 Å². The van der Waals surface area contributed by atoms with Crippen LogP contribution in [0.2, 0.25) is 0 Å². The van der Waals surface area contributed by atoms with Gasteiger partial charge in [0.15, 0.2) is 0 Å². The second-order valence-corrected chi connectivity index (χ2v) is 5.95. The van der Waals surface area contributed by atoms with Crippen LogP contribution >= 0.6 is 0 Å². The van der Waals surface area contributed by atoms with Gasteiger partial charge in [-0.3, -0.25) is 16.2 Å². The van der Waals surface area contributed by atoms with Crippen molar-refractivity contribution in [1.82, 2.24) is 10.3 Å². The van der Waals surface area contributed by atoms with E-state index in [4.69, 9.17) is 10.6 Å². The Kier molecular flexibility index (Phi) is 5.02. The van der Waals surface area contributed by atoms with Gasteiger partial charge in [-0.25, -0.2) is 0 Å². The molecule has 1 aliphatic rings. The second-order valence-electron chi connectivity index (χ2n) is 5.95. The van der Waals surface area contributed by atoms with E-state index in [1.54, 1.807) is 0 Å². The number of likely N-dealkylation sites (tertiary alicyclic amines) is 1. The summed E-state index contributed by atoms with van der Waals surface area (Å²) in [6.07, 6.45) is 2.56. The maximum Gasteiger partial charge on any atom is 0.119 e. The van der Waals surface area contributed by atoms with Crippen molar-refractivity contribution in [1.29, 1.82) is 0 Å². The van der Waals surface area contributed by atoms with E-state index in [0.29, 0.717) is 6.61 Å². The lowest BCUT2D eigenvalue weighted by Gasteiger charge is -2.42. The van der Waals surface area contributed by atoms with E-state index in [1.165, 1.54) is 18.4 Å². The molecule has 1 aromatic rings. The summed E-state index contributed by atoms with van der Waals surface area (Å²) in [6.45, 7) is 9.52. The van der Waals surface area contributed by atoms with Crippen LogP contribution in [0, 0.1) is 0 Å². The second kappa shape index (κ2) is 6.57. The summed E-state index contributed by atoms with van der Waals surface area (Å²) in [5.41, 5.74) is 4.20. The Morgan fingerprint density at radius 3 is 2.35 bits per heavy atom. The molecule has 1 unspecified atom stereocenters. The molecule has 2 rings (SSSR count). The SMILES string of the molecule is CCOc1ccc(C(NN)C(C)(C)N2CCCC2)cc1. The highest BCUT2D eigenvalue weighted by Gasteiger charge is 2.37. The van der Waals surface area contributed by atoms with Crippen LogP contribution in [0.25, 0.3) is 0 Å². The summed E-state index contributed by atoms with van der Waals surface area (Å²) in [4.78, 5) is 2.52. The molecule has 0 aliphatic carbocycles. The van der Waals surface area contributed by atoms with Crippen LogP contribution in [0.1, 0.15) is 45.2 Å². The lowest BCUT2D eigenvalue weighted by Crippen LogP contribution is -2.53. The Morgan fingerprint density at radius 1 is 1.25 bits per heavy atom. The summed E-state index contributed by atoms with van der Waals surface area (Å²) in [5, 5.41) is 0. The molecule has 112 valence electrons. The van der Waals surface area contributed by atoms with Crippen LogP contribution in [0.15, 0.2) is 24.3 Å². The first kappa shape index (κ1) is 15.3. The number of hydrazine groups is 1. The molecule has 0 bridgehead atoms. The zero-order valence-corrected chi connectivity index (χ0v) is 12.9. The fraction of sp³-hybridized carbons (Fsp3) is 0.625. The normalized spacial score (nSPS) is 18.2. The summed E-state index contributed by atoms with van der Waals surface area (Å²) >= 11 is 0. The average molecular weight is 277 g/mol. The predicted molar refractivity (Wildman–Crippen MR) is 82.6 cm³/mol. The largest absolute Gasteiger partial charge is 0.494 e. The van der Waals surface area contributed by atoms with Crippen molar-refractivity contribution in [3.8, 4) is 5.75 Å². The van der Waals surface area contributed by atoms with Crippen LogP contribution in [0.4, 0.5) is 0 Å². The van der Waals surface area contributed by atoms with Crippen molar-refractivity contribution in [3.63, 3.8) is 0 Å². The van der Waals surface area contributed by atoms with Gasteiger partial charge in [-0.1, -0.05) is 12.1 Å². The molecular formula is C16H27N3O. The van der Waals surface area contributed by atoms with Gasteiger partial charge in [-0.15, -0.1) is 0 Å². The topological polar surface area (TPSA) is 50.5 Å². The molecule has 1 heterocycles. The van der Waals surface area contributed by atoms with Gasteiger partial charge in [-0.05, 0) is 64.4 Å². The van der Waals surface area contributed by atoms with Crippen LogP contribution in [-0.4, -0.2) is 30.1 Å². The van der Waals surface area contributed by atoms with Gasteiger partial charge in [0, 0.05) is 5.54 Å². The Bertz CT molecular complexity index is 410. The summed E-state index contributed by atoms with van der Waals surface area (Å²) < 4.78 is 5.50. The molecule has 1 saturated heterocycles. The third kappa shape index (κ3) is 3.14.